The molecule has 6 heteroatoms. The van der Waals surface area contributed by atoms with Gasteiger partial charge in [0.2, 0.25) is 11.8 Å². The average Bonchev–Trinajstić information content (AvgIpc) is 3.15. The van der Waals surface area contributed by atoms with Crippen molar-refractivity contribution in [2.75, 3.05) is 6.61 Å². The van der Waals surface area contributed by atoms with Gasteiger partial charge in [0.25, 0.3) is 5.91 Å². The maximum Gasteiger partial charge on any atom is 0.258 e. The van der Waals surface area contributed by atoms with Gasteiger partial charge in [0.1, 0.15) is 5.75 Å². The van der Waals surface area contributed by atoms with E-state index < -0.39 is 0 Å². The van der Waals surface area contributed by atoms with Gasteiger partial charge >= 0.3 is 0 Å². The van der Waals surface area contributed by atoms with Crippen molar-refractivity contribution < 1.29 is 13.9 Å². The van der Waals surface area contributed by atoms with Gasteiger partial charge in [0.05, 0.1) is 0 Å². The fraction of sp³-hybridized carbons (Fsp3) is 0.211. The van der Waals surface area contributed by atoms with Crippen LogP contribution in [0.4, 0.5) is 0 Å². The highest BCUT2D eigenvalue weighted by molar-refractivity contribution is 5.77. The quantitative estimate of drug-likeness (QED) is 0.717. The molecule has 3 aromatic rings. The number of hydrogen-bond acceptors (Lipinski definition) is 5. The maximum atomic E-state index is 11.8. The van der Waals surface area contributed by atoms with E-state index in [0.717, 1.165) is 11.1 Å². The normalized spacial score (nSPS) is 10.4. The molecule has 0 spiro atoms. The van der Waals surface area contributed by atoms with Crippen molar-refractivity contribution in [1.29, 1.82) is 0 Å². The van der Waals surface area contributed by atoms with E-state index >= 15 is 0 Å². The third-order valence-corrected chi connectivity index (χ3v) is 3.57. The van der Waals surface area contributed by atoms with Crippen LogP contribution in [0.25, 0.3) is 11.5 Å². The third-order valence-electron chi connectivity index (χ3n) is 3.57. The lowest BCUT2D eigenvalue weighted by Crippen LogP contribution is -2.28. The molecule has 1 heterocycles. The predicted molar refractivity (Wildman–Crippen MR) is 92.9 cm³/mol. The number of carbonyl (C=O) groups is 1. The molecule has 0 aliphatic carbocycles. The number of nitrogens with zero attached hydrogens (tertiary/aromatic N) is 2. The Kier molecular flexibility index (Phi) is 5.41. The summed E-state index contributed by atoms with van der Waals surface area (Å²) >= 11 is 0. The van der Waals surface area contributed by atoms with Crippen LogP contribution >= 0.6 is 0 Å². The van der Waals surface area contributed by atoms with Gasteiger partial charge in [-0.25, -0.2) is 0 Å². The van der Waals surface area contributed by atoms with E-state index in [1.807, 2.05) is 49.4 Å². The number of rotatable bonds is 7. The van der Waals surface area contributed by atoms with Crippen molar-refractivity contribution in [2.24, 2.45) is 0 Å². The van der Waals surface area contributed by atoms with Crippen LogP contribution in [0.15, 0.2) is 59.0 Å². The van der Waals surface area contributed by atoms with Crippen LogP contribution < -0.4 is 10.1 Å². The molecule has 0 aliphatic heterocycles. The lowest BCUT2D eigenvalue weighted by molar-refractivity contribution is -0.123. The first-order chi connectivity index (χ1) is 12.2. The van der Waals surface area contributed by atoms with Crippen molar-refractivity contribution in [2.45, 2.75) is 19.9 Å². The second kappa shape index (κ2) is 8.10. The van der Waals surface area contributed by atoms with E-state index in [2.05, 4.69) is 15.5 Å². The van der Waals surface area contributed by atoms with Crippen molar-refractivity contribution >= 4 is 5.91 Å². The Morgan fingerprint density at radius 1 is 1.08 bits per heavy atom. The summed E-state index contributed by atoms with van der Waals surface area (Å²) in [6.07, 6.45) is 0.701. The molecule has 128 valence electrons. The highest BCUT2D eigenvalue weighted by atomic mass is 16.5. The second-order valence-electron chi connectivity index (χ2n) is 5.43. The highest BCUT2D eigenvalue weighted by Crippen LogP contribution is 2.21. The van der Waals surface area contributed by atoms with Gasteiger partial charge in [0.15, 0.2) is 6.61 Å². The molecule has 1 N–H and O–H groups in total. The fourth-order valence-corrected chi connectivity index (χ4v) is 2.20. The first-order valence-corrected chi connectivity index (χ1v) is 8.11. The number of amides is 1. The summed E-state index contributed by atoms with van der Waals surface area (Å²) in [5.41, 5.74) is 1.86. The molecule has 0 aliphatic rings. The van der Waals surface area contributed by atoms with Crippen LogP contribution in [0, 0.1) is 0 Å². The molecule has 25 heavy (non-hydrogen) atoms. The minimum atomic E-state index is -0.169. The zero-order chi connectivity index (χ0) is 17.5. The Balaban J connectivity index is 1.49. The molecule has 0 radical (unpaired) electrons. The molecule has 0 unspecified atom stereocenters. The number of nitrogens with one attached hydrogen (secondary N) is 1. The summed E-state index contributed by atoms with van der Waals surface area (Å²) in [6, 6.07) is 16.9. The third kappa shape index (κ3) is 4.67. The largest absolute Gasteiger partial charge is 0.484 e. The molecule has 0 atom stereocenters. The smallest absolute Gasteiger partial charge is 0.258 e. The van der Waals surface area contributed by atoms with Crippen molar-refractivity contribution in [3.8, 4) is 17.2 Å². The van der Waals surface area contributed by atoms with E-state index in [0.29, 0.717) is 30.5 Å². The van der Waals surface area contributed by atoms with Gasteiger partial charge in [-0.05, 0) is 29.8 Å². The maximum absolute atomic E-state index is 11.8. The lowest BCUT2D eigenvalue weighted by Gasteiger charge is -2.08. The highest BCUT2D eigenvalue weighted by Gasteiger charge is 2.08. The van der Waals surface area contributed by atoms with Gasteiger partial charge in [-0.3, -0.25) is 4.79 Å². The Labute approximate surface area is 145 Å². The van der Waals surface area contributed by atoms with Gasteiger partial charge in [-0.2, -0.15) is 0 Å². The van der Waals surface area contributed by atoms with Crippen LogP contribution in [0.1, 0.15) is 18.4 Å². The Morgan fingerprint density at radius 2 is 1.84 bits per heavy atom. The first-order valence-electron chi connectivity index (χ1n) is 8.11. The summed E-state index contributed by atoms with van der Waals surface area (Å²) in [6.45, 7) is 2.41. The van der Waals surface area contributed by atoms with Crippen molar-refractivity contribution in [3.63, 3.8) is 0 Å². The number of aromatic nitrogens is 2. The number of ether oxygens (including phenoxy) is 1. The monoisotopic (exact) mass is 337 g/mol. The molecule has 1 aromatic heterocycles. The molecule has 3 rings (SSSR count). The van der Waals surface area contributed by atoms with E-state index in [9.17, 15) is 4.79 Å². The van der Waals surface area contributed by atoms with Crippen LogP contribution in [0.3, 0.4) is 0 Å². The molecule has 0 bridgehead atoms. The Bertz CT molecular complexity index is 813. The van der Waals surface area contributed by atoms with E-state index in [4.69, 9.17) is 9.15 Å². The number of hydrogen-bond donors (Lipinski definition) is 1. The molecule has 0 saturated heterocycles. The fourth-order valence-electron chi connectivity index (χ4n) is 2.20. The molecule has 0 fully saturated rings. The molecule has 0 saturated carbocycles. The average molecular weight is 337 g/mol. The summed E-state index contributed by atoms with van der Waals surface area (Å²) in [5, 5.41) is 10.7. The molecule has 6 nitrogen and oxygen atoms in total. The van der Waals surface area contributed by atoms with E-state index in [1.165, 1.54) is 0 Å². The second-order valence-corrected chi connectivity index (χ2v) is 5.43. The topological polar surface area (TPSA) is 77.2 Å². The van der Waals surface area contributed by atoms with Gasteiger partial charge in [-0.15, -0.1) is 10.2 Å². The van der Waals surface area contributed by atoms with Crippen molar-refractivity contribution in [3.05, 3.63) is 66.1 Å². The molecular weight excluding hydrogens is 318 g/mol. The van der Waals surface area contributed by atoms with E-state index in [-0.39, 0.29) is 12.5 Å². The standard InChI is InChI=1S/C19H19N3O3/c1-2-18-21-22-19(25-18)15-8-10-16(11-9-15)24-13-17(23)20-12-14-6-4-3-5-7-14/h3-11H,2,12-13H2,1H3,(H,20,23). The SMILES string of the molecule is CCc1nnc(-c2ccc(OCC(=O)NCc3ccccc3)cc2)o1. The van der Waals surface area contributed by atoms with Gasteiger partial charge in [-0.1, -0.05) is 37.3 Å². The van der Waals surface area contributed by atoms with Crippen LogP contribution in [0.2, 0.25) is 0 Å². The van der Waals surface area contributed by atoms with Crippen LogP contribution in [-0.2, 0) is 17.8 Å². The zero-order valence-electron chi connectivity index (χ0n) is 13.9. The molecular formula is C19H19N3O3. The summed E-state index contributed by atoms with van der Waals surface area (Å²) in [7, 11) is 0. The zero-order valence-corrected chi connectivity index (χ0v) is 13.9. The first kappa shape index (κ1) is 16.7. The molecule has 2 aromatic carbocycles. The van der Waals surface area contributed by atoms with Crippen molar-refractivity contribution in [1.82, 2.24) is 15.5 Å². The lowest BCUT2D eigenvalue weighted by atomic mass is 10.2. The van der Waals surface area contributed by atoms with Crippen LogP contribution in [-0.4, -0.2) is 22.7 Å². The number of carbonyl (C=O) groups excluding carboxylic acids is 1. The number of aryl methyl sites for hydroxylation is 1. The summed E-state index contributed by atoms with van der Waals surface area (Å²) < 4.78 is 11.0. The Hall–Kier alpha value is -3.15. The summed E-state index contributed by atoms with van der Waals surface area (Å²) in [4.78, 5) is 11.8. The van der Waals surface area contributed by atoms with Crippen LogP contribution in [0.5, 0.6) is 5.75 Å². The molecule has 1 amide bonds. The predicted octanol–water partition coefficient (Wildman–Crippen LogP) is 2.99. The van der Waals surface area contributed by atoms with E-state index in [1.54, 1.807) is 12.1 Å². The minimum absolute atomic E-state index is 0.0350. The van der Waals surface area contributed by atoms with Gasteiger partial charge < -0.3 is 14.5 Å². The number of benzene rings is 2. The minimum Gasteiger partial charge on any atom is -0.484 e. The summed E-state index contributed by atoms with van der Waals surface area (Å²) in [5.74, 6) is 1.51. The Morgan fingerprint density at radius 3 is 2.52 bits per heavy atom. The van der Waals surface area contributed by atoms with Gasteiger partial charge in [0, 0.05) is 18.5 Å².